The largest absolute Gasteiger partial charge is 0.398 e. The quantitative estimate of drug-likeness (QED) is 0.875. The molecule has 0 aliphatic carbocycles. The van der Waals surface area contributed by atoms with Crippen LogP contribution >= 0.6 is 0 Å². The number of pyridine rings is 1. The Labute approximate surface area is 124 Å². The van der Waals surface area contributed by atoms with Gasteiger partial charge in [0.1, 0.15) is 0 Å². The minimum absolute atomic E-state index is 0.0274. The predicted octanol–water partition coefficient (Wildman–Crippen LogP) is 1.44. The van der Waals surface area contributed by atoms with Crippen LogP contribution in [0.1, 0.15) is 12.0 Å². The summed E-state index contributed by atoms with van der Waals surface area (Å²) in [6, 6.07) is 12.0. The Balaban J connectivity index is 1.93. The van der Waals surface area contributed by atoms with Crippen molar-refractivity contribution in [1.82, 2.24) is 4.57 Å². The molecular formula is C15H18N2O3S. The van der Waals surface area contributed by atoms with Gasteiger partial charge in [-0.25, -0.2) is 8.42 Å². The predicted molar refractivity (Wildman–Crippen MR) is 83.7 cm³/mol. The maximum atomic E-state index is 12.0. The average molecular weight is 306 g/mol. The van der Waals surface area contributed by atoms with Crippen LogP contribution in [0.5, 0.6) is 0 Å². The molecule has 0 aliphatic heterocycles. The van der Waals surface area contributed by atoms with E-state index >= 15 is 0 Å². The molecule has 0 fully saturated rings. The molecule has 0 atom stereocenters. The van der Waals surface area contributed by atoms with E-state index in [-0.39, 0.29) is 17.1 Å². The first kappa shape index (κ1) is 15.3. The fourth-order valence-electron chi connectivity index (χ4n) is 2.08. The number of aryl methyl sites for hydroxylation is 1. The molecule has 0 unspecified atom stereocenters. The molecule has 2 N–H and O–H groups in total. The second-order valence-corrected chi connectivity index (χ2v) is 7.11. The number of rotatable bonds is 6. The summed E-state index contributed by atoms with van der Waals surface area (Å²) in [4.78, 5) is 11.6. The molecule has 2 aromatic rings. The second-order valence-electron chi connectivity index (χ2n) is 4.93. The van der Waals surface area contributed by atoms with Gasteiger partial charge in [0.25, 0.3) is 5.56 Å². The lowest BCUT2D eigenvalue weighted by Gasteiger charge is -2.07. The maximum absolute atomic E-state index is 12.0. The molecule has 0 amide bonds. The van der Waals surface area contributed by atoms with Gasteiger partial charge < -0.3 is 10.3 Å². The van der Waals surface area contributed by atoms with Gasteiger partial charge in [-0.3, -0.25) is 4.79 Å². The molecule has 112 valence electrons. The van der Waals surface area contributed by atoms with Crippen molar-refractivity contribution in [2.75, 3.05) is 11.5 Å². The SMILES string of the molecule is Nc1ccc(=O)n(CCCS(=O)(=O)Cc2ccccc2)c1. The van der Waals surface area contributed by atoms with Crippen molar-refractivity contribution in [3.63, 3.8) is 0 Å². The van der Waals surface area contributed by atoms with Crippen molar-refractivity contribution in [3.05, 3.63) is 64.6 Å². The third-order valence-electron chi connectivity index (χ3n) is 3.09. The van der Waals surface area contributed by atoms with Gasteiger partial charge in [0.2, 0.25) is 0 Å². The fraction of sp³-hybridized carbons (Fsp3) is 0.267. The zero-order valence-electron chi connectivity index (χ0n) is 11.6. The molecule has 0 aliphatic rings. The number of nitrogens with zero attached hydrogens (tertiary/aromatic N) is 1. The molecule has 1 aromatic heterocycles. The topological polar surface area (TPSA) is 82.2 Å². The highest BCUT2D eigenvalue weighted by molar-refractivity contribution is 7.90. The molecule has 0 saturated carbocycles. The summed E-state index contributed by atoms with van der Waals surface area (Å²) in [6.07, 6.45) is 1.92. The smallest absolute Gasteiger partial charge is 0.250 e. The lowest BCUT2D eigenvalue weighted by molar-refractivity contribution is 0.583. The number of sulfone groups is 1. The molecule has 5 nitrogen and oxygen atoms in total. The number of nitrogen functional groups attached to an aromatic ring is 1. The van der Waals surface area contributed by atoms with Crippen molar-refractivity contribution >= 4 is 15.5 Å². The van der Waals surface area contributed by atoms with Gasteiger partial charge in [0.15, 0.2) is 9.84 Å². The summed E-state index contributed by atoms with van der Waals surface area (Å²) in [5.41, 5.74) is 6.70. The van der Waals surface area contributed by atoms with Gasteiger partial charge in [0.05, 0.1) is 11.5 Å². The Morgan fingerprint density at radius 2 is 1.76 bits per heavy atom. The molecule has 1 aromatic carbocycles. The number of benzene rings is 1. The van der Waals surface area contributed by atoms with Crippen LogP contribution in [0, 0.1) is 0 Å². The lowest BCUT2D eigenvalue weighted by atomic mass is 10.2. The highest BCUT2D eigenvalue weighted by Crippen LogP contribution is 2.08. The summed E-state index contributed by atoms with van der Waals surface area (Å²) in [5.74, 6) is 0.0722. The molecule has 0 saturated heterocycles. The van der Waals surface area contributed by atoms with Crippen molar-refractivity contribution < 1.29 is 8.42 Å². The van der Waals surface area contributed by atoms with Crippen molar-refractivity contribution in [2.45, 2.75) is 18.7 Å². The molecule has 0 radical (unpaired) electrons. The van der Waals surface area contributed by atoms with Crippen molar-refractivity contribution in [2.24, 2.45) is 0 Å². The Morgan fingerprint density at radius 1 is 1.05 bits per heavy atom. The van der Waals surface area contributed by atoms with Gasteiger partial charge in [-0.1, -0.05) is 30.3 Å². The third kappa shape index (κ3) is 4.75. The first-order valence-electron chi connectivity index (χ1n) is 6.67. The number of hydrogen-bond acceptors (Lipinski definition) is 4. The first-order valence-corrected chi connectivity index (χ1v) is 8.49. The number of aromatic nitrogens is 1. The van der Waals surface area contributed by atoms with Gasteiger partial charge >= 0.3 is 0 Å². The van der Waals surface area contributed by atoms with Crippen LogP contribution in [0.15, 0.2) is 53.5 Å². The van der Waals surface area contributed by atoms with E-state index in [4.69, 9.17) is 5.73 Å². The van der Waals surface area contributed by atoms with Crippen LogP contribution in [0.4, 0.5) is 5.69 Å². The van der Waals surface area contributed by atoms with E-state index in [0.717, 1.165) is 5.56 Å². The summed E-state index contributed by atoms with van der Waals surface area (Å²) in [5, 5.41) is 0. The second kappa shape index (κ2) is 6.58. The zero-order valence-corrected chi connectivity index (χ0v) is 12.4. The van der Waals surface area contributed by atoms with Crippen LogP contribution in [-0.4, -0.2) is 18.7 Å². The number of hydrogen-bond donors (Lipinski definition) is 1. The van der Waals surface area contributed by atoms with E-state index in [1.54, 1.807) is 12.1 Å². The number of nitrogens with two attached hydrogens (primary N) is 1. The zero-order chi connectivity index (χ0) is 15.3. The summed E-state index contributed by atoms with van der Waals surface area (Å²) < 4.78 is 25.5. The Kier molecular flexibility index (Phi) is 4.80. The minimum Gasteiger partial charge on any atom is -0.398 e. The molecule has 2 rings (SSSR count). The van der Waals surface area contributed by atoms with E-state index in [0.29, 0.717) is 18.7 Å². The van der Waals surface area contributed by atoms with Crippen LogP contribution < -0.4 is 11.3 Å². The number of anilines is 1. The lowest BCUT2D eigenvalue weighted by Crippen LogP contribution is -2.21. The van der Waals surface area contributed by atoms with E-state index in [1.807, 2.05) is 18.2 Å². The molecule has 0 bridgehead atoms. The Bertz CT molecular complexity index is 752. The summed E-state index contributed by atoms with van der Waals surface area (Å²) in [6.45, 7) is 0.345. The molecule has 1 heterocycles. The highest BCUT2D eigenvalue weighted by Gasteiger charge is 2.11. The van der Waals surface area contributed by atoms with E-state index in [2.05, 4.69) is 0 Å². The minimum atomic E-state index is -3.17. The van der Waals surface area contributed by atoms with Crippen molar-refractivity contribution in [3.8, 4) is 0 Å². The average Bonchev–Trinajstić information content (AvgIpc) is 2.43. The maximum Gasteiger partial charge on any atom is 0.250 e. The van der Waals surface area contributed by atoms with Gasteiger partial charge in [-0.15, -0.1) is 0 Å². The van der Waals surface area contributed by atoms with Crippen LogP contribution in [0.25, 0.3) is 0 Å². The Morgan fingerprint density at radius 3 is 2.48 bits per heavy atom. The molecular weight excluding hydrogens is 288 g/mol. The molecule has 21 heavy (non-hydrogen) atoms. The van der Waals surface area contributed by atoms with E-state index < -0.39 is 9.84 Å². The van der Waals surface area contributed by atoms with Crippen LogP contribution in [0.3, 0.4) is 0 Å². The molecule has 0 spiro atoms. The monoisotopic (exact) mass is 306 g/mol. The summed E-state index contributed by atoms with van der Waals surface area (Å²) in [7, 11) is -3.17. The van der Waals surface area contributed by atoms with Gasteiger partial charge in [-0.05, 0) is 18.1 Å². The van der Waals surface area contributed by atoms with Crippen LogP contribution in [-0.2, 0) is 22.1 Å². The van der Waals surface area contributed by atoms with Gasteiger partial charge in [-0.2, -0.15) is 0 Å². The van der Waals surface area contributed by atoms with E-state index in [1.165, 1.54) is 22.9 Å². The first-order chi connectivity index (χ1) is 9.96. The van der Waals surface area contributed by atoms with Crippen molar-refractivity contribution in [1.29, 1.82) is 0 Å². The normalized spacial score (nSPS) is 11.4. The summed E-state index contributed by atoms with van der Waals surface area (Å²) >= 11 is 0. The van der Waals surface area contributed by atoms with E-state index in [9.17, 15) is 13.2 Å². The Hall–Kier alpha value is -2.08. The standard InChI is InChI=1S/C15H18N2O3S/c16-14-7-8-15(18)17(11-14)9-4-10-21(19,20)12-13-5-2-1-3-6-13/h1-3,5-8,11H,4,9-10,12,16H2. The highest BCUT2D eigenvalue weighted by atomic mass is 32.2. The molecule has 6 heteroatoms. The third-order valence-corrected chi connectivity index (χ3v) is 4.77. The fourth-order valence-corrected chi connectivity index (χ4v) is 3.49. The van der Waals surface area contributed by atoms with Crippen LogP contribution in [0.2, 0.25) is 0 Å². The van der Waals surface area contributed by atoms with Gasteiger partial charge in [0, 0.05) is 24.5 Å².